The number of nitrogens with one attached hydrogen (secondary N) is 2. The lowest BCUT2D eigenvalue weighted by Gasteiger charge is -2.36. The smallest absolute Gasteiger partial charge is 0.255 e. The molecule has 394 valence electrons. The maximum atomic E-state index is 15.8. The van der Waals surface area contributed by atoms with E-state index in [-0.39, 0.29) is 30.0 Å². The number of aromatic nitrogens is 4. The second-order valence-corrected chi connectivity index (χ2v) is 19.0. The Labute approximate surface area is 437 Å². The molecule has 1 unspecified atom stereocenters. The normalized spacial score (nSPS) is 17.3. The van der Waals surface area contributed by atoms with E-state index in [1.165, 1.54) is 5.56 Å². The number of nitrogen functional groups attached to an aromatic ring is 1. The van der Waals surface area contributed by atoms with E-state index in [4.69, 9.17) is 20.2 Å². The summed E-state index contributed by atoms with van der Waals surface area (Å²) in [7, 11) is 0. The molecule has 10 rings (SSSR count). The second kappa shape index (κ2) is 24.4. The zero-order chi connectivity index (χ0) is 52.4. The fourth-order valence-corrected chi connectivity index (χ4v) is 10.2. The molecule has 4 aliphatic heterocycles. The van der Waals surface area contributed by atoms with Crippen LogP contribution >= 0.6 is 0 Å². The number of carbonyl (C=O) groups excluding carboxylic acids is 4. The number of hydrogen-bond acceptors (Lipinski definition) is 14. The largest absolute Gasteiger partial charge is 0.384 e. The molecule has 0 aliphatic carbocycles. The summed E-state index contributed by atoms with van der Waals surface area (Å²) in [6.07, 6.45) is 2.54. The Morgan fingerprint density at radius 2 is 1.57 bits per heavy atom. The first kappa shape index (κ1) is 52.5. The number of nitrogens with two attached hydrogens (primary N) is 1. The molecule has 1 atom stereocenters. The van der Waals surface area contributed by atoms with E-state index in [0.717, 1.165) is 72.9 Å². The van der Waals surface area contributed by atoms with E-state index in [1.54, 1.807) is 29.3 Å². The number of amides is 4. The van der Waals surface area contributed by atoms with Crippen molar-refractivity contribution in [3.63, 3.8) is 0 Å². The number of imidazole rings is 1. The molecule has 18 nitrogen and oxygen atoms in total. The Kier molecular flexibility index (Phi) is 17.1. The van der Waals surface area contributed by atoms with Crippen LogP contribution in [0.4, 0.5) is 21.6 Å². The van der Waals surface area contributed by atoms with Crippen LogP contribution in [0.15, 0.2) is 91.1 Å². The molecule has 7 heterocycles. The first-order chi connectivity index (χ1) is 36.5. The summed E-state index contributed by atoms with van der Waals surface area (Å²) < 4.78 is 29.3. The van der Waals surface area contributed by atoms with Crippen molar-refractivity contribution in [2.75, 3.05) is 101 Å². The average molecular weight is 1020 g/mol. The van der Waals surface area contributed by atoms with Gasteiger partial charge in [0.15, 0.2) is 5.65 Å². The van der Waals surface area contributed by atoms with Crippen LogP contribution in [0.25, 0.3) is 28.1 Å². The quantitative estimate of drug-likeness (QED) is 0.0690. The summed E-state index contributed by atoms with van der Waals surface area (Å²) in [5.41, 5.74) is 14.7. The highest BCUT2D eigenvalue weighted by atomic mass is 19.1. The number of halogens is 1. The highest BCUT2D eigenvalue weighted by Crippen LogP contribution is 2.33. The van der Waals surface area contributed by atoms with Gasteiger partial charge < -0.3 is 35.2 Å². The molecule has 4 aliphatic rings. The minimum Gasteiger partial charge on any atom is -0.384 e. The minimum absolute atomic E-state index is 0.103. The van der Waals surface area contributed by atoms with Crippen LogP contribution in [-0.2, 0) is 43.5 Å². The van der Waals surface area contributed by atoms with E-state index in [2.05, 4.69) is 59.6 Å². The summed E-state index contributed by atoms with van der Waals surface area (Å²) in [4.78, 5) is 74.2. The van der Waals surface area contributed by atoms with Crippen molar-refractivity contribution in [2.45, 2.75) is 65.7 Å². The van der Waals surface area contributed by atoms with Gasteiger partial charge in [0.05, 0.1) is 49.9 Å². The molecule has 3 fully saturated rings. The maximum absolute atomic E-state index is 15.8. The van der Waals surface area contributed by atoms with Gasteiger partial charge in [-0.25, -0.2) is 19.3 Å². The van der Waals surface area contributed by atoms with Crippen molar-refractivity contribution in [3.8, 4) is 16.9 Å². The van der Waals surface area contributed by atoms with Crippen molar-refractivity contribution >= 4 is 52.0 Å². The lowest BCUT2D eigenvalue weighted by molar-refractivity contribution is -0.137. The first-order valence-corrected chi connectivity index (χ1v) is 26.1. The Bertz CT molecular complexity index is 2990. The summed E-state index contributed by atoms with van der Waals surface area (Å²) in [5, 5.41) is 5.85. The summed E-state index contributed by atoms with van der Waals surface area (Å²) in [6, 6.07) is 26.2. The fourth-order valence-electron chi connectivity index (χ4n) is 10.2. The van der Waals surface area contributed by atoms with Gasteiger partial charge in [-0.2, -0.15) is 0 Å². The molecule has 0 radical (unpaired) electrons. The number of pyridine rings is 2. The van der Waals surface area contributed by atoms with Crippen LogP contribution in [0.5, 0.6) is 0 Å². The molecule has 19 heteroatoms. The van der Waals surface area contributed by atoms with Crippen LogP contribution in [0.2, 0.25) is 0 Å². The minimum atomic E-state index is -0.649. The number of carbonyl (C=O) groups is 4. The number of rotatable bonds is 18. The summed E-state index contributed by atoms with van der Waals surface area (Å²) in [6.45, 7) is 16.1. The van der Waals surface area contributed by atoms with E-state index < -0.39 is 11.9 Å². The zero-order valence-electron chi connectivity index (χ0n) is 43.1. The predicted octanol–water partition coefficient (Wildman–Crippen LogP) is 5.80. The molecule has 4 amide bonds. The predicted molar refractivity (Wildman–Crippen MR) is 286 cm³/mol. The van der Waals surface area contributed by atoms with E-state index in [9.17, 15) is 19.2 Å². The van der Waals surface area contributed by atoms with Gasteiger partial charge in [-0.1, -0.05) is 44.2 Å². The number of ether oxygens (including phenoxy) is 2. The van der Waals surface area contributed by atoms with Crippen LogP contribution in [-0.4, -0.2) is 154 Å². The maximum Gasteiger partial charge on any atom is 0.255 e. The van der Waals surface area contributed by atoms with Crippen molar-refractivity contribution < 1.29 is 33.0 Å². The number of anilines is 3. The molecule has 3 aromatic heterocycles. The number of aryl methyl sites for hydroxylation is 1. The number of hydrogen-bond donors (Lipinski definition) is 3. The van der Waals surface area contributed by atoms with E-state index >= 15 is 4.39 Å². The molecule has 3 saturated heterocycles. The van der Waals surface area contributed by atoms with E-state index in [1.807, 2.05) is 72.7 Å². The number of nitrogens with zero attached hydrogens (tertiary/aromatic N) is 9. The third kappa shape index (κ3) is 12.5. The number of imide groups is 1. The van der Waals surface area contributed by atoms with Gasteiger partial charge in [-0.15, -0.1) is 0 Å². The lowest BCUT2D eigenvalue weighted by atomic mass is 10.0. The van der Waals surface area contributed by atoms with Gasteiger partial charge in [0.25, 0.3) is 5.91 Å². The topological polar surface area (TPSA) is 197 Å². The van der Waals surface area contributed by atoms with Gasteiger partial charge in [0, 0.05) is 120 Å². The first-order valence-electron chi connectivity index (χ1n) is 26.1. The van der Waals surface area contributed by atoms with Crippen LogP contribution in [0.1, 0.15) is 66.0 Å². The summed E-state index contributed by atoms with van der Waals surface area (Å²) >= 11 is 0. The van der Waals surface area contributed by atoms with Crippen LogP contribution < -0.4 is 21.3 Å². The lowest BCUT2D eigenvalue weighted by Crippen LogP contribution is -2.52. The molecule has 3 aromatic carbocycles. The van der Waals surface area contributed by atoms with Crippen molar-refractivity contribution in [1.82, 2.24) is 44.4 Å². The van der Waals surface area contributed by atoms with Gasteiger partial charge in [-0.3, -0.25) is 38.9 Å². The SMILES string of the molecule is CC.Cc1nc2ccc(-c3ccnc(N)c3)nc2n1-c1ccc(N2CCN(CCOCCOCCC(=O)N3CCN(Cc4ccc(CNc5cccc6c5CN(C5CCC(=O)NC5=O)C6=O)cc4)CC3)CC2)c(F)c1. The number of fused-ring (bicyclic) bond motifs is 2. The zero-order valence-corrected chi connectivity index (χ0v) is 43.1. The molecular formula is C56H67FN12O6. The van der Waals surface area contributed by atoms with Crippen molar-refractivity contribution in [2.24, 2.45) is 0 Å². The van der Waals surface area contributed by atoms with Gasteiger partial charge in [0.1, 0.15) is 29.0 Å². The number of piperazine rings is 2. The van der Waals surface area contributed by atoms with E-state index in [0.29, 0.717) is 113 Å². The monoisotopic (exact) mass is 1020 g/mol. The molecule has 75 heavy (non-hydrogen) atoms. The Morgan fingerprint density at radius 1 is 0.827 bits per heavy atom. The van der Waals surface area contributed by atoms with Gasteiger partial charge in [-0.05, 0) is 73.0 Å². The standard InChI is InChI=1S/C54H61FN12O6.C2H6/c1-36-59-46-11-10-44(39-15-17-57-49(56)31-39)60-52(46)67(36)40-9-12-47(43(55)32-40)64-22-18-62(19-23-64)26-28-73-30-29-72-27-16-51(69)65-24-20-63(21-25-65)34-38-7-5-37(6-8-38)33-58-45-4-2-3-41-42(45)35-66(54(41)71)48-13-14-50(68)61-53(48)70;1-2/h2-12,15,17,31-32,48,58H,13-14,16,18-30,33-35H2,1H3,(H2,56,57)(H,61,68,70);1-2H3. The third-order valence-electron chi connectivity index (χ3n) is 14.3. The molecule has 0 spiro atoms. The molecule has 4 N–H and O–H groups in total. The Balaban J connectivity index is 0.00000340. The van der Waals surface area contributed by atoms with Crippen LogP contribution in [0.3, 0.4) is 0 Å². The Hall–Kier alpha value is -7.32. The van der Waals surface area contributed by atoms with Crippen molar-refractivity contribution in [3.05, 3.63) is 125 Å². The van der Waals surface area contributed by atoms with Gasteiger partial charge >= 0.3 is 0 Å². The highest BCUT2D eigenvalue weighted by molar-refractivity contribution is 6.06. The second-order valence-electron chi connectivity index (χ2n) is 19.0. The van der Waals surface area contributed by atoms with Crippen molar-refractivity contribution in [1.29, 1.82) is 0 Å². The fraction of sp³-hybridized carbons (Fsp3) is 0.411. The van der Waals surface area contributed by atoms with Crippen LogP contribution in [0, 0.1) is 12.7 Å². The molecule has 0 saturated carbocycles. The molecule has 0 bridgehead atoms. The highest BCUT2D eigenvalue weighted by Gasteiger charge is 2.40. The number of piperidine rings is 1. The van der Waals surface area contributed by atoms with Gasteiger partial charge in [0.2, 0.25) is 17.7 Å². The average Bonchev–Trinajstić information content (AvgIpc) is 3.94. The Morgan fingerprint density at radius 3 is 2.32 bits per heavy atom. The molecular weight excluding hydrogens is 956 g/mol. The summed E-state index contributed by atoms with van der Waals surface area (Å²) in [5.74, 6) is 0.0236. The molecule has 6 aromatic rings. The number of benzene rings is 3. The third-order valence-corrected chi connectivity index (χ3v) is 14.3.